The molecule has 2 saturated carbocycles. The zero-order valence-electron chi connectivity index (χ0n) is 29.3. The van der Waals surface area contributed by atoms with Gasteiger partial charge in [-0.15, -0.1) is 0 Å². The summed E-state index contributed by atoms with van der Waals surface area (Å²) in [6.07, 6.45) is 13.6. The van der Waals surface area contributed by atoms with Crippen LogP contribution in [0.25, 0.3) is 0 Å². The maximum atomic E-state index is 15.4. The Balaban J connectivity index is 1.25. The van der Waals surface area contributed by atoms with Crippen LogP contribution in [-0.2, 0) is 27.2 Å². The number of nitriles is 1. The third-order valence-corrected chi connectivity index (χ3v) is 13.1. The first kappa shape index (κ1) is 34.8. The maximum Gasteiger partial charge on any atom is 0.246 e. The summed E-state index contributed by atoms with van der Waals surface area (Å²) in [5.74, 6) is -0.0427. The topological polar surface area (TPSA) is 92.2 Å². The summed E-state index contributed by atoms with van der Waals surface area (Å²) in [4.78, 5) is 37.3. The molecule has 0 bridgehead atoms. The first-order valence-electron chi connectivity index (χ1n) is 19.0. The van der Waals surface area contributed by atoms with Crippen LogP contribution in [0.15, 0.2) is 30.9 Å². The van der Waals surface area contributed by atoms with Crippen molar-refractivity contribution in [2.45, 2.75) is 127 Å². The number of Topliss-reactive ketones (excluding diaryl/α,β-unsaturated/α-hetero) is 1. The third kappa shape index (κ3) is 6.74. The van der Waals surface area contributed by atoms with Gasteiger partial charge < -0.3 is 14.5 Å². The van der Waals surface area contributed by atoms with Gasteiger partial charge in [0.05, 0.1) is 37.3 Å². The Labute approximate surface area is 291 Å². The molecule has 9 nitrogen and oxygen atoms in total. The number of hydrogen-bond donors (Lipinski definition) is 1. The Morgan fingerprint density at radius 2 is 1.92 bits per heavy atom. The van der Waals surface area contributed by atoms with Crippen molar-refractivity contribution in [1.29, 1.82) is 5.26 Å². The van der Waals surface area contributed by atoms with Gasteiger partial charge in [-0.05, 0) is 94.6 Å². The lowest BCUT2D eigenvalue weighted by atomic mass is 9.58. The fraction of sp³-hybridized carbons (Fsp3) is 0.718. The van der Waals surface area contributed by atoms with Crippen molar-refractivity contribution in [3.8, 4) is 6.07 Å². The number of piperazine rings is 1. The Hall–Kier alpha value is -2.68. The lowest BCUT2D eigenvalue weighted by molar-refractivity contribution is -0.206. The molecule has 1 amide bonds. The van der Waals surface area contributed by atoms with E-state index < -0.39 is 11.8 Å². The van der Waals surface area contributed by atoms with Crippen LogP contribution in [0, 0.1) is 28.5 Å². The number of likely N-dealkylation sites (N-methyl/N-ethyl adjacent to an activating group) is 1. The van der Waals surface area contributed by atoms with E-state index in [2.05, 4.69) is 39.7 Å². The number of carbonyl (C=O) groups is 2. The van der Waals surface area contributed by atoms with E-state index in [0.717, 1.165) is 81.9 Å². The molecular weight excluding hydrogens is 619 g/mol. The van der Waals surface area contributed by atoms with Gasteiger partial charge in [0.15, 0.2) is 12.1 Å². The molecule has 0 aromatic heterocycles. The number of hydrogen-bond acceptors (Lipinski definition) is 8. The summed E-state index contributed by atoms with van der Waals surface area (Å²) in [6.45, 7) is 7.06. The quantitative estimate of drug-likeness (QED) is 0.332. The number of rotatable bonds is 7. The molecule has 6 aliphatic rings. The second kappa shape index (κ2) is 14.9. The minimum atomic E-state index is -0.587. The Morgan fingerprint density at radius 1 is 1.10 bits per heavy atom. The van der Waals surface area contributed by atoms with Crippen LogP contribution in [0.2, 0.25) is 0 Å². The van der Waals surface area contributed by atoms with Crippen LogP contribution in [0.4, 0.5) is 4.39 Å². The summed E-state index contributed by atoms with van der Waals surface area (Å²) in [5, 5.41) is 13.7. The smallest absolute Gasteiger partial charge is 0.246 e. The monoisotopic (exact) mass is 674 g/mol. The van der Waals surface area contributed by atoms with E-state index in [1.54, 1.807) is 17.0 Å². The molecule has 1 aromatic carbocycles. The van der Waals surface area contributed by atoms with Crippen molar-refractivity contribution >= 4 is 11.7 Å². The van der Waals surface area contributed by atoms with Gasteiger partial charge in [0, 0.05) is 43.1 Å². The van der Waals surface area contributed by atoms with Gasteiger partial charge in [0.2, 0.25) is 5.91 Å². The number of amides is 1. The number of ether oxygens (including phenoxy) is 1. The predicted octanol–water partition coefficient (Wildman–Crippen LogP) is 4.61. The standard InChI is InChI=1S/C39H55FN6O3/c1-3-34(47)45-23-22-44(25-29(45)17-20-41)37-31-16-19-39(18-15-27-10-8-14-33(40)32(27)24-39)36(48)35(31)46(28-11-6-4-5-7-12-28)38(42-37)49-26-30-13-9-21-43(30)2/h3,8,10,14,28-31,35,37-38,42H,1,4-7,9,11-13,15-19,21-26H2,2H3/t29?,30?,31?,35?,37?,38?,39-/m0/s1. The summed E-state index contributed by atoms with van der Waals surface area (Å²) >= 11 is 0. The molecule has 3 heterocycles. The van der Waals surface area contributed by atoms with Crippen LogP contribution in [0.3, 0.4) is 0 Å². The van der Waals surface area contributed by atoms with Gasteiger partial charge in [-0.2, -0.15) is 5.26 Å². The first-order valence-corrected chi connectivity index (χ1v) is 19.0. The zero-order valence-corrected chi connectivity index (χ0v) is 29.3. The number of nitrogens with one attached hydrogen (secondary N) is 1. The van der Waals surface area contributed by atoms with Crippen molar-refractivity contribution in [3.63, 3.8) is 0 Å². The molecule has 3 aliphatic heterocycles. The van der Waals surface area contributed by atoms with Crippen LogP contribution >= 0.6 is 0 Å². The first-order chi connectivity index (χ1) is 23.8. The number of benzene rings is 1. The fourth-order valence-corrected chi connectivity index (χ4v) is 10.4. The van der Waals surface area contributed by atoms with Crippen LogP contribution in [0.5, 0.6) is 0 Å². The van der Waals surface area contributed by atoms with E-state index >= 15 is 9.18 Å². The molecule has 3 saturated heterocycles. The Bertz CT molecular complexity index is 1430. The van der Waals surface area contributed by atoms with E-state index in [1.165, 1.54) is 18.9 Å². The highest BCUT2D eigenvalue weighted by Gasteiger charge is 2.59. The highest BCUT2D eigenvalue weighted by Crippen LogP contribution is 2.50. The SMILES string of the molecule is C=CC(=O)N1CCN(C2NC(OCC3CCCN3C)N(C3CCCCCC3)C3C(=O)[C@@]4(CCc5cccc(F)c5C4)CCC23)CC1CC#N. The summed E-state index contributed by atoms with van der Waals surface area (Å²) < 4.78 is 22.3. The Morgan fingerprint density at radius 3 is 2.65 bits per heavy atom. The summed E-state index contributed by atoms with van der Waals surface area (Å²) in [5.41, 5.74) is 1.18. The molecule has 7 rings (SSSR count). The summed E-state index contributed by atoms with van der Waals surface area (Å²) in [6, 6.07) is 7.65. The van der Waals surface area contributed by atoms with Crippen LogP contribution in [-0.4, -0.2) is 108 Å². The molecule has 1 aromatic rings. The zero-order chi connectivity index (χ0) is 34.1. The van der Waals surface area contributed by atoms with Gasteiger partial charge in [0.1, 0.15) is 5.82 Å². The molecule has 7 atom stereocenters. The lowest BCUT2D eigenvalue weighted by Gasteiger charge is -2.60. The van der Waals surface area contributed by atoms with Gasteiger partial charge in [-0.25, -0.2) is 4.39 Å². The van der Waals surface area contributed by atoms with E-state index in [4.69, 9.17) is 4.74 Å². The third-order valence-electron chi connectivity index (χ3n) is 13.1. The second-order valence-corrected chi connectivity index (χ2v) is 15.8. The average molecular weight is 675 g/mol. The fourth-order valence-electron chi connectivity index (χ4n) is 10.4. The van der Waals surface area contributed by atoms with E-state index in [9.17, 15) is 10.1 Å². The molecule has 266 valence electrons. The van der Waals surface area contributed by atoms with Crippen molar-refractivity contribution in [3.05, 3.63) is 47.8 Å². The van der Waals surface area contributed by atoms with Crippen molar-refractivity contribution < 1.29 is 18.7 Å². The largest absolute Gasteiger partial charge is 0.348 e. The van der Waals surface area contributed by atoms with Crippen LogP contribution < -0.4 is 5.32 Å². The Kier molecular flexibility index (Phi) is 10.6. The second-order valence-electron chi connectivity index (χ2n) is 15.8. The maximum absolute atomic E-state index is 15.4. The number of nitrogens with zero attached hydrogens (tertiary/aromatic N) is 5. The predicted molar refractivity (Wildman–Crippen MR) is 186 cm³/mol. The molecule has 49 heavy (non-hydrogen) atoms. The molecule has 5 fully saturated rings. The summed E-state index contributed by atoms with van der Waals surface area (Å²) in [7, 11) is 2.17. The van der Waals surface area contributed by atoms with Gasteiger partial charge in [0.25, 0.3) is 0 Å². The number of likely N-dealkylation sites (tertiary alicyclic amines) is 1. The number of fused-ring (bicyclic) bond motifs is 2. The number of ketones is 1. The van der Waals surface area contributed by atoms with Crippen molar-refractivity contribution in [2.24, 2.45) is 11.3 Å². The number of halogens is 1. The molecule has 1 N–H and O–H groups in total. The average Bonchev–Trinajstić information content (AvgIpc) is 3.34. The lowest BCUT2D eigenvalue weighted by Crippen LogP contribution is -2.76. The highest BCUT2D eigenvalue weighted by atomic mass is 19.1. The van der Waals surface area contributed by atoms with Gasteiger partial charge in [-0.1, -0.05) is 44.4 Å². The van der Waals surface area contributed by atoms with E-state index in [0.29, 0.717) is 38.7 Å². The molecule has 0 radical (unpaired) electrons. The van der Waals surface area contributed by atoms with Gasteiger partial charge in [-0.3, -0.25) is 24.7 Å². The number of carbonyl (C=O) groups excluding carboxylic acids is 2. The molecule has 1 spiro atoms. The normalized spacial score (nSPS) is 35.0. The number of aryl methyl sites for hydroxylation is 1. The van der Waals surface area contributed by atoms with Crippen molar-refractivity contribution in [1.82, 2.24) is 24.9 Å². The minimum absolute atomic E-state index is 0.0155. The molecule has 3 aliphatic carbocycles. The van der Waals surface area contributed by atoms with E-state index in [-0.39, 0.29) is 54.1 Å². The molecule has 10 heteroatoms. The van der Waals surface area contributed by atoms with Crippen molar-refractivity contribution in [2.75, 3.05) is 39.8 Å². The molecular formula is C39H55FN6O3. The van der Waals surface area contributed by atoms with Crippen LogP contribution in [0.1, 0.15) is 88.2 Å². The van der Waals surface area contributed by atoms with Gasteiger partial charge >= 0.3 is 0 Å². The molecule has 6 unspecified atom stereocenters. The minimum Gasteiger partial charge on any atom is -0.348 e. The van der Waals surface area contributed by atoms with E-state index in [1.807, 2.05) is 6.07 Å². The highest BCUT2D eigenvalue weighted by molar-refractivity contribution is 5.92.